The predicted octanol–water partition coefficient (Wildman–Crippen LogP) is 1.43. The van der Waals surface area contributed by atoms with Gasteiger partial charge in [-0.1, -0.05) is 18.2 Å². The lowest BCUT2D eigenvalue weighted by molar-refractivity contribution is -0.150. The number of alkyl carbamates (subject to hydrolysis) is 1. The number of aryl methyl sites for hydroxylation is 1. The zero-order valence-electron chi connectivity index (χ0n) is 22.6. The maximum Gasteiger partial charge on any atom is 0.408 e. The van der Waals surface area contributed by atoms with Crippen LogP contribution in [0.1, 0.15) is 65.1 Å². The van der Waals surface area contributed by atoms with Gasteiger partial charge in [-0.2, -0.15) is 0 Å². The highest BCUT2D eigenvalue weighted by Gasteiger charge is 2.43. The van der Waals surface area contributed by atoms with Gasteiger partial charge in [0.05, 0.1) is 13.5 Å². The normalized spacial score (nSPS) is 13.1. The van der Waals surface area contributed by atoms with Crippen LogP contribution in [0.3, 0.4) is 0 Å². The summed E-state index contributed by atoms with van der Waals surface area (Å²) in [5, 5.41) is 15.6. The van der Waals surface area contributed by atoms with Crippen LogP contribution in [0, 0.1) is 6.92 Å². The van der Waals surface area contributed by atoms with Crippen molar-refractivity contribution >= 4 is 29.8 Å². The number of hydrogen-bond acceptors (Lipinski definition) is 8. The van der Waals surface area contributed by atoms with Crippen LogP contribution < -0.4 is 16.4 Å². The number of methoxy groups -OCH3 is 1. The van der Waals surface area contributed by atoms with Gasteiger partial charge >= 0.3 is 12.1 Å². The molecule has 1 rings (SSSR count). The van der Waals surface area contributed by atoms with Crippen molar-refractivity contribution in [3.8, 4) is 5.75 Å². The van der Waals surface area contributed by atoms with Crippen molar-refractivity contribution in [3.05, 3.63) is 29.3 Å². The number of benzene rings is 1. The standard InChI is InChI=1S/C25H38N4O8/c1-14-10-9-11-15(20(14)32)19(21(33)27-13-18(31)36-8)29(24(2,3)4)22(34)16(12-17(26)30)28-23(35)37-25(5,6)7/h9-11,16,19,32H,12-13H2,1-8H3,(H2,26,30)(H,27,33)(H,28,35). The molecule has 0 saturated carbocycles. The number of carbonyl (C=O) groups is 5. The molecule has 206 valence electrons. The van der Waals surface area contributed by atoms with Gasteiger partial charge in [0.2, 0.25) is 17.7 Å². The number of para-hydroxylation sites is 1. The van der Waals surface area contributed by atoms with E-state index in [-0.39, 0.29) is 11.3 Å². The molecule has 0 aromatic heterocycles. The molecule has 0 spiro atoms. The molecule has 0 heterocycles. The molecule has 0 aliphatic heterocycles. The number of aromatic hydroxyl groups is 1. The number of amides is 4. The Bertz CT molecular complexity index is 1030. The van der Waals surface area contributed by atoms with E-state index < -0.39 is 66.0 Å². The Morgan fingerprint density at radius 1 is 1.08 bits per heavy atom. The minimum Gasteiger partial charge on any atom is -0.507 e. The molecule has 0 fully saturated rings. The Morgan fingerprint density at radius 3 is 2.16 bits per heavy atom. The zero-order valence-corrected chi connectivity index (χ0v) is 22.6. The lowest BCUT2D eigenvalue weighted by Gasteiger charge is -2.43. The van der Waals surface area contributed by atoms with Gasteiger partial charge in [-0.25, -0.2) is 4.79 Å². The van der Waals surface area contributed by atoms with Crippen molar-refractivity contribution in [2.24, 2.45) is 5.73 Å². The van der Waals surface area contributed by atoms with Gasteiger partial charge in [-0.05, 0) is 54.0 Å². The number of ether oxygens (including phenoxy) is 2. The van der Waals surface area contributed by atoms with Crippen molar-refractivity contribution in [1.82, 2.24) is 15.5 Å². The van der Waals surface area contributed by atoms with Crippen molar-refractivity contribution in [3.63, 3.8) is 0 Å². The number of rotatable bonds is 9. The van der Waals surface area contributed by atoms with Crippen LogP contribution in [0.4, 0.5) is 4.79 Å². The van der Waals surface area contributed by atoms with E-state index in [1.807, 2.05) is 0 Å². The molecular weight excluding hydrogens is 484 g/mol. The van der Waals surface area contributed by atoms with Crippen molar-refractivity contribution in [2.75, 3.05) is 13.7 Å². The van der Waals surface area contributed by atoms with Crippen LogP contribution >= 0.6 is 0 Å². The lowest BCUT2D eigenvalue weighted by Crippen LogP contribution is -2.59. The number of nitrogens with two attached hydrogens (primary N) is 1. The van der Waals surface area contributed by atoms with Gasteiger partial charge in [0.15, 0.2) is 0 Å². The van der Waals surface area contributed by atoms with E-state index >= 15 is 0 Å². The average molecular weight is 523 g/mol. The molecule has 0 aliphatic rings. The summed E-state index contributed by atoms with van der Waals surface area (Å²) < 4.78 is 9.80. The Hall–Kier alpha value is -3.83. The fourth-order valence-electron chi connectivity index (χ4n) is 3.49. The summed E-state index contributed by atoms with van der Waals surface area (Å²) in [6.07, 6.45) is -1.55. The smallest absolute Gasteiger partial charge is 0.408 e. The second kappa shape index (κ2) is 12.4. The van der Waals surface area contributed by atoms with E-state index in [4.69, 9.17) is 10.5 Å². The summed E-state index contributed by atoms with van der Waals surface area (Å²) >= 11 is 0. The van der Waals surface area contributed by atoms with E-state index in [0.717, 1.165) is 12.0 Å². The lowest BCUT2D eigenvalue weighted by atomic mass is 9.93. The number of hydrogen-bond donors (Lipinski definition) is 4. The number of primary amides is 1. The molecule has 12 nitrogen and oxygen atoms in total. The van der Waals surface area contributed by atoms with Crippen LogP contribution in [-0.4, -0.2) is 70.6 Å². The monoisotopic (exact) mass is 522 g/mol. The molecule has 0 radical (unpaired) electrons. The summed E-state index contributed by atoms with van der Waals surface area (Å²) in [6, 6.07) is 1.71. The van der Waals surface area contributed by atoms with Crippen LogP contribution in [0.2, 0.25) is 0 Å². The largest absolute Gasteiger partial charge is 0.507 e. The highest BCUT2D eigenvalue weighted by Crippen LogP contribution is 2.36. The van der Waals surface area contributed by atoms with Gasteiger partial charge in [0.1, 0.15) is 30.0 Å². The summed E-state index contributed by atoms with van der Waals surface area (Å²) in [5.41, 5.74) is 3.88. The molecule has 2 atom stereocenters. The van der Waals surface area contributed by atoms with Crippen LogP contribution in [0.15, 0.2) is 18.2 Å². The Balaban J connectivity index is 3.66. The van der Waals surface area contributed by atoms with E-state index in [2.05, 4.69) is 15.4 Å². The van der Waals surface area contributed by atoms with Crippen LogP contribution in [-0.2, 0) is 28.7 Å². The van der Waals surface area contributed by atoms with Crippen molar-refractivity contribution in [1.29, 1.82) is 0 Å². The molecule has 37 heavy (non-hydrogen) atoms. The first-order valence-corrected chi connectivity index (χ1v) is 11.6. The fraction of sp³-hybridized carbons (Fsp3) is 0.560. The molecule has 2 unspecified atom stereocenters. The van der Waals surface area contributed by atoms with Crippen LogP contribution in [0.5, 0.6) is 5.75 Å². The first-order chi connectivity index (χ1) is 16.9. The summed E-state index contributed by atoms with van der Waals surface area (Å²) in [4.78, 5) is 64.5. The van der Waals surface area contributed by atoms with Gasteiger partial charge in [0.25, 0.3) is 0 Å². The quantitative estimate of drug-likeness (QED) is 0.352. The Morgan fingerprint density at radius 2 is 1.68 bits per heavy atom. The molecule has 1 aromatic carbocycles. The summed E-state index contributed by atoms with van der Waals surface area (Å²) in [5.74, 6) is -3.49. The summed E-state index contributed by atoms with van der Waals surface area (Å²) in [6.45, 7) is 10.9. The molecule has 5 N–H and O–H groups in total. The highest BCUT2D eigenvalue weighted by molar-refractivity contribution is 5.96. The topological polar surface area (TPSA) is 177 Å². The Kier molecular flexibility index (Phi) is 10.5. The number of phenolic OH excluding ortho intramolecular Hbond substituents is 1. The summed E-state index contributed by atoms with van der Waals surface area (Å²) in [7, 11) is 1.15. The average Bonchev–Trinajstić information content (AvgIpc) is 2.74. The maximum atomic E-state index is 13.9. The first-order valence-electron chi connectivity index (χ1n) is 11.6. The minimum absolute atomic E-state index is 0.0701. The van der Waals surface area contributed by atoms with E-state index in [1.54, 1.807) is 60.6 Å². The van der Waals surface area contributed by atoms with Gasteiger partial charge < -0.3 is 35.8 Å². The molecule has 0 saturated heterocycles. The SMILES string of the molecule is COC(=O)CNC(=O)C(c1cccc(C)c1O)N(C(=O)C(CC(N)=O)NC(=O)OC(C)(C)C)C(C)(C)C. The third-order valence-electron chi connectivity index (χ3n) is 5.06. The number of esters is 1. The van der Waals surface area contributed by atoms with E-state index in [0.29, 0.717) is 5.56 Å². The van der Waals surface area contributed by atoms with E-state index in [1.165, 1.54) is 6.07 Å². The first kappa shape index (κ1) is 31.2. The van der Waals surface area contributed by atoms with Crippen molar-refractivity contribution in [2.45, 2.75) is 78.1 Å². The number of nitrogens with zero attached hydrogens (tertiary/aromatic N) is 1. The molecule has 12 heteroatoms. The molecule has 4 amide bonds. The number of nitrogens with one attached hydrogen (secondary N) is 2. The van der Waals surface area contributed by atoms with Crippen LogP contribution in [0.25, 0.3) is 0 Å². The second-order valence-electron chi connectivity index (χ2n) is 10.5. The maximum absolute atomic E-state index is 13.9. The van der Waals surface area contributed by atoms with Gasteiger partial charge in [-0.15, -0.1) is 0 Å². The molecule has 0 bridgehead atoms. The molecular formula is C25H38N4O8. The van der Waals surface area contributed by atoms with Gasteiger partial charge in [0, 0.05) is 11.1 Å². The predicted molar refractivity (Wildman–Crippen MR) is 134 cm³/mol. The Labute approximate surface area is 216 Å². The zero-order chi connectivity index (χ0) is 28.7. The molecule has 0 aliphatic carbocycles. The fourth-order valence-corrected chi connectivity index (χ4v) is 3.49. The minimum atomic E-state index is -1.49. The third kappa shape index (κ3) is 9.28. The third-order valence-corrected chi connectivity index (χ3v) is 5.06. The highest BCUT2D eigenvalue weighted by atomic mass is 16.6. The van der Waals surface area contributed by atoms with Crippen molar-refractivity contribution < 1.29 is 38.6 Å². The number of phenols is 1. The number of carbonyl (C=O) groups excluding carboxylic acids is 5. The second-order valence-corrected chi connectivity index (χ2v) is 10.5. The van der Waals surface area contributed by atoms with E-state index in [9.17, 15) is 29.1 Å². The molecule has 1 aromatic rings. The van der Waals surface area contributed by atoms with Gasteiger partial charge in [-0.3, -0.25) is 19.2 Å².